The van der Waals surface area contributed by atoms with E-state index in [1.165, 1.54) is 16.5 Å². The highest BCUT2D eigenvalue weighted by Gasteiger charge is 2.44. The summed E-state index contributed by atoms with van der Waals surface area (Å²) in [6.45, 7) is 1.01. The molecule has 128 valence electrons. The van der Waals surface area contributed by atoms with Gasteiger partial charge >= 0.3 is 12.2 Å². The van der Waals surface area contributed by atoms with Crippen molar-refractivity contribution < 1.29 is 22.7 Å². The maximum absolute atomic E-state index is 13.2. The molecule has 0 aromatic carbocycles. The van der Waals surface area contributed by atoms with Crippen molar-refractivity contribution in [3.05, 3.63) is 16.6 Å². The van der Waals surface area contributed by atoms with Gasteiger partial charge in [-0.3, -0.25) is 0 Å². The molecule has 1 saturated heterocycles. The van der Waals surface area contributed by atoms with Crippen molar-refractivity contribution in [2.75, 3.05) is 19.7 Å². The SMILES string of the molecule is O=C(NC(c1nccs1)C(F)(F)F)N1CCOC(C2CCC2)C1. The van der Waals surface area contributed by atoms with Crippen LogP contribution in [-0.2, 0) is 4.74 Å². The second kappa shape index (κ2) is 6.64. The normalized spacial score (nSPS) is 24.1. The third-order valence-electron chi connectivity index (χ3n) is 4.35. The van der Waals surface area contributed by atoms with E-state index in [9.17, 15) is 18.0 Å². The number of ether oxygens (including phenoxy) is 1. The van der Waals surface area contributed by atoms with E-state index in [-0.39, 0.29) is 11.1 Å². The van der Waals surface area contributed by atoms with Gasteiger partial charge in [0.25, 0.3) is 0 Å². The molecule has 2 fully saturated rings. The van der Waals surface area contributed by atoms with Gasteiger partial charge < -0.3 is 15.0 Å². The summed E-state index contributed by atoms with van der Waals surface area (Å²) in [7, 11) is 0. The van der Waals surface area contributed by atoms with Crippen LogP contribution in [0.25, 0.3) is 0 Å². The summed E-state index contributed by atoms with van der Waals surface area (Å²) in [4.78, 5) is 17.4. The molecular formula is C14H18F3N3O2S. The number of carbonyl (C=O) groups is 1. The summed E-state index contributed by atoms with van der Waals surface area (Å²) in [6, 6.07) is -2.78. The van der Waals surface area contributed by atoms with Crippen LogP contribution in [0.4, 0.5) is 18.0 Å². The molecule has 1 aromatic heterocycles. The average Bonchev–Trinajstić information content (AvgIpc) is 2.95. The van der Waals surface area contributed by atoms with Gasteiger partial charge in [0.1, 0.15) is 5.01 Å². The summed E-state index contributed by atoms with van der Waals surface area (Å²) in [5.74, 6) is 0.419. The molecule has 0 radical (unpaired) electrons. The van der Waals surface area contributed by atoms with Gasteiger partial charge in [-0.25, -0.2) is 9.78 Å². The summed E-state index contributed by atoms with van der Waals surface area (Å²) in [5, 5.41) is 3.38. The van der Waals surface area contributed by atoms with Crippen molar-refractivity contribution in [2.45, 2.75) is 37.6 Å². The fraction of sp³-hybridized carbons (Fsp3) is 0.714. The van der Waals surface area contributed by atoms with Crippen LogP contribution >= 0.6 is 11.3 Å². The predicted molar refractivity (Wildman–Crippen MR) is 78.1 cm³/mol. The van der Waals surface area contributed by atoms with Crippen LogP contribution in [0, 0.1) is 5.92 Å². The zero-order valence-electron chi connectivity index (χ0n) is 12.4. The van der Waals surface area contributed by atoms with Gasteiger partial charge in [0.05, 0.1) is 12.7 Å². The minimum Gasteiger partial charge on any atom is -0.374 e. The number of morpholine rings is 1. The summed E-state index contributed by atoms with van der Waals surface area (Å²) >= 11 is 0.876. The number of thiazole rings is 1. The Bertz CT molecular complexity index is 534. The molecule has 9 heteroatoms. The number of aromatic nitrogens is 1. The molecule has 1 aromatic rings. The van der Waals surface area contributed by atoms with Crippen LogP contribution in [-0.4, -0.2) is 47.9 Å². The molecule has 1 aliphatic carbocycles. The van der Waals surface area contributed by atoms with Crippen LogP contribution in [0.5, 0.6) is 0 Å². The van der Waals surface area contributed by atoms with E-state index in [1.807, 2.05) is 0 Å². The van der Waals surface area contributed by atoms with Crippen LogP contribution in [0.3, 0.4) is 0 Å². The Kier molecular flexibility index (Phi) is 4.77. The largest absolute Gasteiger partial charge is 0.415 e. The maximum atomic E-state index is 13.2. The fourth-order valence-electron chi connectivity index (χ4n) is 2.83. The lowest BCUT2D eigenvalue weighted by atomic mass is 9.80. The van der Waals surface area contributed by atoms with Gasteiger partial charge in [-0.05, 0) is 18.8 Å². The third kappa shape index (κ3) is 3.77. The van der Waals surface area contributed by atoms with E-state index in [2.05, 4.69) is 10.3 Å². The first-order valence-electron chi connectivity index (χ1n) is 7.58. The molecule has 3 rings (SSSR count). The standard InChI is InChI=1S/C14H18F3N3O2S/c15-14(16,17)11(12-18-4-7-23-12)19-13(21)20-5-6-22-10(8-20)9-2-1-3-9/h4,7,9-11H,1-3,5-6,8H2,(H,19,21). The van der Waals surface area contributed by atoms with Gasteiger partial charge in [0.15, 0.2) is 6.04 Å². The zero-order valence-corrected chi connectivity index (χ0v) is 13.2. The Labute approximate surface area is 135 Å². The summed E-state index contributed by atoms with van der Waals surface area (Å²) < 4.78 is 45.2. The molecule has 23 heavy (non-hydrogen) atoms. The van der Waals surface area contributed by atoms with Crippen LogP contribution in [0.15, 0.2) is 11.6 Å². The first kappa shape index (κ1) is 16.5. The summed E-state index contributed by atoms with van der Waals surface area (Å²) in [6.07, 6.45) is -0.0713. The van der Waals surface area contributed by atoms with E-state index >= 15 is 0 Å². The number of halogens is 3. The quantitative estimate of drug-likeness (QED) is 0.913. The number of nitrogens with one attached hydrogen (secondary N) is 1. The maximum Gasteiger partial charge on any atom is 0.415 e. The number of alkyl halides is 3. The molecule has 2 heterocycles. The van der Waals surface area contributed by atoms with E-state index in [4.69, 9.17) is 4.74 Å². The highest BCUT2D eigenvalue weighted by molar-refractivity contribution is 7.09. The molecule has 2 amide bonds. The minimum absolute atomic E-state index is 0.0625. The van der Waals surface area contributed by atoms with E-state index in [0.29, 0.717) is 25.6 Å². The van der Waals surface area contributed by atoms with Gasteiger partial charge in [0, 0.05) is 24.7 Å². The zero-order chi connectivity index (χ0) is 16.4. The van der Waals surface area contributed by atoms with E-state index < -0.39 is 18.2 Å². The van der Waals surface area contributed by atoms with Crippen LogP contribution < -0.4 is 5.32 Å². The predicted octanol–water partition coefficient (Wildman–Crippen LogP) is 2.96. The lowest BCUT2D eigenvalue weighted by Crippen LogP contribution is -2.54. The smallest absolute Gasteiger partial charge is 0.374 e. The molecule has 1 saturated carbocycles. The number of nitrogens with zero attached hydrogens (tertiary/aromatic N) is 2. The molecule has 2 aliphatic rings. The van der Waals surface area contributed by atoms with E-state index in [0.717, 1.165) is 30.6 Å². The number of carbonyl (C=O) groups excluding carboxylic acids is 1. The molecular weight excluding hydrogens is 331 g/mol. The first-order valence-corrected chi connectivity index (χ1v) is 8.46. The molecule has 2 atom stereocenters. The molecule has 1 N–H and O–H groups in total. The number of amides is 2. The number of hydrogen-bond acceptors (Lipinski definition) is 4. The van der Waals surface area contributed by atoms with Gasteiger partial charge in [-0.1, -0.05) is 6.42 Å². The number of urea groups is 1. The topological polar surface area (TPSA) is 54.5 Å². The monoisotopic (exact) mass is 349 g/mol. The number of rotatable bonds is 3. The molecule has 0 bridgehead atoms. The fourth-order valence-corrected chi connectivity index (χ4v) is 3.54. The second-order valence-electron chi connectivity index (χ2n) is 5.84. The van der Waals surface area contributed by atoms with Crippen molar-refractivity contribution >= 4 is 17.4 Å². The second-order valence-corrected chi connectivity index (χ2v) is 6.77. The van der Waals surface area contributed by atoms with Crippen molar-refractivity contribution in [3.63, 3.8) is 0 Å². The minimum atomic E-state index is -4.58. The Hall–Kier alpha value is -1.35. The Morgan fingerprint density at radius 1 is 1.48 bits per heavy atom. The van der Waals surface area contributed by atoms with Crippen molar-refractivity contribution in [3.8, 4) is 0 Å². The third-order valence-corrected chi connectivity index (χ3v) is 5.19. The Morgan fingerprint density at radius 3 is 2.83 bits per heavy atom. The average molecular weight is 349 g/mol. The lowest BCUT2D eigenvalue weighted by molar-refractivity contribution is -0.155. The molecule has 5 nitrogen and oxygen atoms in total. The van der Waals surface area contributed by atoms with E-state index in [1.54, 1.807) is 0 Å². The van der Waals surface area contributed by atoms with Crippen molar-refractivity contribution in [1.29, 1.82) is 0 Å². The van der Waals surface area contributed by atoms with Crippen molar-refractivity contribution in [2.24, 2.45) is 5.92 Å². The van der Waals surface area contributed by atoms with Crippen molar-refractivity contribution in [1.82, 2.24) is 15.2 Å². The lowest BCUT2D eigenvalue weighted by Gasteiger charge is -2.40. The van der Waals surface area contributed by atoms with Gasteiger partial charge in [0.2, 0.25) is 0 Å². The highest BCUT2D eigenvalue weighted by atomic mass is 32.1. The summed E-state index contributed by atoms with van der Waals surface area (Å²) in [5.41, 5.74) is 0. The van der Waals surface area contributed by atoms with Crippen LogP contribution in [0.1, 0.15) is 30.3 Å². The van der Waals surface area contributed by atoms with Gasteiger partial charge in [-0.2, -0.15) is 13.2 Å². The molecule has 1 aliphatic heterocycles. The van der Waals surface area contributed by atoms with Gasteiger partial charge in [-0.15, -0.1) is 11.3 Å². The Balaban J connectivity index is 1.64. The first-order chi connectivity index (χ1) is 10.9. The Morgan fingerprint density at radius 2 is 2.26 bits per heavy atom. The molecule has 2 unspecified atom stereocenters. The number of hydrogen-bond donors (Lipinski definition) is 1. The van der Waals surface area contributed by atoms with Crippen LogP contribution in [0.2, 0.25) is 0 Å². The molecule has 0 spiro atoms. The highest BCUT2D eigenvalue weighted by Crippen LogP contribution is 2.35.